The van der Waals surface area contributed by atoms with Gasteiger partial charge >= 0.3 is 0 Å². The van der Waals surface area contributed by atoms with E-state index in [-0.39, 0.29) is 0 Å². The molecular weight excluding hydrogens is 204 g/mol. The fraction of sp³-hybridized carbons (Fsp3) is 0.417. The topological polar surface area (TPSA) is 17.8 Å². The minimum Gasteiger partial charge on any atom is -0.270 e. The Bertz CT molecular complexity index is 426. The fourth-order valence-electron chi connectivity index (χ4n) is 1.57. The maximum Gasteiger partial charge on any atom is 0.0629 e. The van der Waals surface area contributed by atoms with E-state index >= 15 is 0 Å². The Hall–Kier alpha value is -1.09. The van der Waals surface area contributed by atoms with Crippen LogP contribution in [-0.2, 0) is 6.42 Å². The summed E-state index contributed by atoms with van der Waals surface area (Å²) >= 11 is 1.75. The molecule has 0 aliphatic rings. The first-order chi connectivity index (χ1) is 7.16. The van der Waals surface area contributed by atoms with Crippen LogP contribution in [0, 0.1) is 6.92 Å². The minimum atomic E-state index is 0.444. The van der Waals surface area contributed by atoms with E-state index in [9.17, 15) is 0 Å². The molecule has 15 heavy (non-hydrogen) atoms. The van der Waals surface area contributed by atoms with Crippen LogP contribution in [0.25, 0.3) is 0 Å². The largest absolute Gasteiger partial charge is 0.270 e. The third-order valence-electron chi connectivity index (χ3n) is 2.52. The number of aromatic nitrogens is 2. The third-order valence-corrected chi connectivity index (χ3v) is 3.25. The van der Waals surface area contributed by atoms with Gasteiger partial charge in [-0.3, -0.25) is 4.68 Å². The van der Waals surface area contributed by atoms with Gasteiger partial charge in [-0.25, -0.2) is 0 Å². The molecule has 0 fully saturated rings. The molecule has 0 radical (unpaired) electrons. The summed E-state index contributed by atoms with van der Waals surface area (Å²) in [6, 6.07) is 2.62. The van der Waals surface area contributed by atoms with Gasteiger partial charge in [-0.1, -0.05) is 0 Å². The van der Waals surface area contributed by atoms with Gasteiger partial charge in [0.15, 0.2) is 0 Å². The molecule has 0 atom stereocenters. The molecule has 2 heterocycles. The summed E-state index contributed by atoms with van der Waals surface area (Å²) < 4.78 is 2.04. The first kappa shape index (κ1) is 10.4. The van der Waals surface area contributed by atoms with Gasteiger partial charge < -0.3 is 0 Å². The quantitative estimate of drug-likeness (QED) is 0.775. The number of hydrogen-bond acceptors (Lipinski definition) is 2. The first-order valence-electron chi connectivity index (χ1n) is 5.22. The van der Waals surface area contributed by atoms with Crippen LogP contribution in [0.4, 0.5) is 0 Å². The van der Waals surface area contributed by atoms with Crippen molar-refractivity contribution in [2.24, 2.45) is 0 Å². The number of rotatable bonds is 3. The zero-order valence-electron chi connectivity index (χ0n) is 9.40. The number of nitrogens with zero attached hydrogens (tertiary/aromatic N) is 2. The lowest BCUT2D eigenvalue weighted by atomic mass is 10.1. The molecule has 0 amide bonds. The van der Waals surface area contributed by atoms with E-state index in [1.807, 2.05) is 4.68 Å². The number of aryl methyl sites for hydroxylation is 1. The van der Waals surface area contributed by atoms with Crippen LogP contribution in [-0.4, -0.2) is 9.78 Å². The zero-order valence-corrected chi connectivity index (χ0v) is 10.2. The second-order valence-electron chi connectivity index (χ2n) is 4.12. The van der Waals surface area contributed by atoms with Crippen LogP contribution in [0.1, 0.15) is 36.7 Å². The van der Waals surface area contributed by atoms with E-state index in [4.69, 9.17) is 0 Å². The summed E-state index contributed by atoms with van der Waals surface area (Å²) in [5, 5.41) is 8.83. The van der Waals surface area contributed by atoms with Crippen molar-refractivity contribution in [1.82, 2.24) is 9.78 Å². The minimum absolute atomic E-state index is 0.444. The first-order valence-corrected chi connectivity index (χ1v) is 6.17. The Morgan fingerprint density at radius 2 is 2.27 bits per heavy atom. The molecule has 0 aromatic carbocycles. The highest BCUT2D eigenvalue weighted by molar-refractivity contribution is 7.07. The van der Waals surface area contributed by atoms with Gasteiger partial charge in [0.1, 0.15) is 0 Å². The van der Waals surface area contributed by atoms with Crippen molar-refractivity contribution in [3.05, 3.63) is 39.8 Å². The van der Waals surface area contributed by atoms with Crippen molar-refractivity contribution >= 4 is 11.3 Å². The molecular formula is C12H16N2S. The van der Waals surface area contributed by atoms with E-state index in [0.29, 0.717) is 6.04 Å². The van der Waals surface area contributed by atoms with E-state index in [2.05, 4.69) is 48.9 Å². The average molecular weight is 220 g/mol. The van der Waals surface area contributed by atoms with E-state index < -0.39 is 0 Å². The second kappa shape index (κ2) is 4.19. The van der Waals surface area contributed by atoms with Crippen LogP contribution in [0.15, 0.2) is 23.0 Å². The third kappa shape index (κ3) is 2.29. The van der Waals surface area contributed by atoms with Crippen LogP contribution in [0.3, 0.4) is 0 Å². The molecule has 3 heteroatoms. The molecule has 0 aliphatic heterocycles. The second-order valence-corrected chi connectivity index (χ2v) is 4.90. The number of thiophene rings is 1. The average Bonchev–Trinajstić information content (AvgIpc) is 2.77. The lowest BCUT2D eigenvalue weighted by Gasteiger charge is -2.02. The molecule has 2 nitrogen and oxygen atoms in total. The van der Waals surface area contributed by atoms with Crippen molar-refractivity contribution in [2.75, 3.05) is 0 Å². The van der Waals surface area contributed by atoms with Gasteiger partial charge in [0.2, 0.25) is 0 Å². The molecule has 2 rings (SSSR count). The predicted octanol–water partition coefficient (Wildman–Crippen LogP) is 3.42. The smallest absolute Gasteiger partial charge is 0.0629 e. The lowest BCUT2D eigenvalue weighted by molar-refractivity contribution is 0.529. The highest BCUT2D eigenvalue weighted by Crippen LogP contribution is 2.16. The molecule has 2 aromatic heterocycles. The summed E-state index contributed by atoms with van der Waals surface area (Å²) in [6.45, 7) is 6.39. The van der Waals surface area contributed by atoms with Crippen LogP contribution in [0.2, 0.25) is 0 Å². The van der Waals surface area contributed by atoms with Gasteiger partial charge in [-0.2, -0.15) is 16.4 Å². The van der Waals surface area contributed by atoms with Crippen LogP contribution >= 0.6 is 11.3 Å². The molecule has 2 aromatic rings. The number of hydrogen-bond donors (Lipinski definition) is 0. The summed E-state index contributed by atoms with van der Waals surface area (Å²) in [4.78, 5) is 0. The maximum atomic E-state index is 4.51. The highest BCUT2D eigenvalue weighted by atomic mass is 32.1. The molecule has 0 aliphatic carbocycles. The summed E-state index contributed by atoms with van der Waals surface area (Å²) in [5.74, 6) is 0. The van der Waals surface area contributed by atoms with Gasteiger partial charge in [0, 0.05) is 18.7 Å². The van der Waals surface area contributed by atoms with Crippen molar-refractivity contribution in [3.63, 3.8) is 0 Å². The van der Waals surface area contributed by atoms with E-state index in [0.717, 1.165) is 12.1 Å². The summed E-state index contributed by atoms with van der Waals surface area (Å²) in [5.41, 5.74) is 3.86. The van der Waals surface area contributed by atoms with Gasteiger partial charge in [0.05, 0.1) is 5.69 Å². The normalized spacial score (nSPS) is 11.2. The van der Waals surface area contributed by atoms with Crippen LogP contribution < -0.4 is 0 Å². The zero-order chi connectivity index (χ0) is 10.8. The standard InChI is InChI=1S/C12H16N2S/c1-9(2)14-7-12(10(3)13-14)6-11-4-5-15-8-11/h4-5,7-9H,6H2,1-3H3. The Labute approximate surface area is 94.6 Å². The summed E-state index contributed by atoms with van der Waals surface area (Å²) in [6.07, 6.45) is 3.17. The molecule has 0 N–H and O–H groups in total. The van der Waals surface area contributed by atoms with Crippen LogP contribution in [0.5, 0.6) is 0 Å². The van der Waals surface area contributed by atoms with E-state index in [1.165, 1.54) is 11.1 Å². The Kier molecular flexibility index (Phi) is 2.91. The maximum absolute atomic E-state index is 4.51. The molecule has 0 saturated heterocycles. The Balaban J connectivity index is 2.21. The fourth-order valence-corrected chi connectivity index (χ4v) is 2.24. The van der Waals surface area contributed by atoms with Gasteiger partial charge in [-0.05, 0) is 48.7 Å². The monoisotopic (exact) mass is 220 g/mol. The molecule has 0 spiro atoms. The Morgan fingerprint density at radius 3 is 2.80 bits per heavy atom. The summed E-state index contributed by atoms with van der Waals surface area (Å²) in [7, 11) is 0. The predicted molar refractivity (Wildman–Crippen MR) is 64.5 cm³/mol. The molecule has 0 unspecified atom stereocenters. The van der Waals surface area contributed by atoms with E-state index in [1.54, 1.807) is 11.3 Å². The van der Waals surface area contributed by atoms with Gasteiger partial charge in [-0.15, -0.1) is 0 Å². The molecule has 0 saturated carbocycles. The Morgan fingerprint density at radius 1 is 1.47 bits per heavy atom. The molecule has 80 valence electrons. The lowest BCUT2D eigenvalue weighted by Crippen LogP contribution is -2.00. The highest BCUT2D eigenvalue weighted by Gasteiger charge is 2.07. The van der Waals surface area contributed by atoms with Crippen molar-refractivity contribution in [3.8, 4) is 0 Å². The van der Waals surface area contributed by atoms with Gasteiger partial charge in [0.25, 0.3) is 0 Å². The van der Waals surface area contributed by atoms with Crippen molar-refractivity contribution in [2.45, 2.75) is 33.2 Å². The van der Waals surface area contributed by atoms with Crippen molar-refractivity contribution in [1.29, 1.82) is 0 Å². The molecule has 0 bridgehead atoms. The van der Waals surface area contributed by atoms with Crippen molar-refractivity contribution < 1.29 is 0 Å². The SMILES string of the molecule is Cc1nn(C(C)C)cc1Cc1ccsc1.